The molecule has 2 aromatic carbocycles. The first-order chi connectivity index (χ1) is 14.2. The smallest absolute Gasteiger partial charge is 0.222 e. The summed E-state index contributed by atoms with van der Waals surface area (Å²) in [5.74, 6) is 2.27. The zero-order valence-corrected chi connectivity index (χ0v) is 17.5. The number of amides is 1. The molecule has 1 saturated heterocycles. The van der Waals surface area contributed by atoms with Crippen LogP contribution in [-0.2, 0) is 17.9 Å². The number of hydrogen-bond acceptors (Lipinski definition) is 4. The third kappa shape index (κ3) is 6.50. The van der Waals surface area contributed by atoms with Gasteiger partial charge in [-0.2, -0.15) is 0 Å². The quantitative estimate of drug-likeness (QED) is 0.696. The average Bonchev–Trinajstić information content (AvgIpc) is 2.77. The monoisotopic (exact) mass is 396 g/mol. The van der Waals surface area contributed by atoms with E-state index in [2.05, 4.69) is 5.32 Å². The lowest BCUT2D eigenvalue weighted by Crippen LogP contribution is -2.30. The number of nitrogens with one attached hydrogen (secondary N) is 1. The summed E-state index contributed by atoms with van der Waals surface area (Å²) in [7, 11) is 3.51. The van der Waals surface area contributed by atoms with E-state index in [1.54, 1.807) is 12.0 Å². The Bertz CT molecular complexity index is 773. The number of ether oxygens (including phenoxy) is 2. The van der Waals surface area contributed by atoms with E-state index >= 15 is 0 Å². The molecule has 1 amide bonds. The van der Waals surface area contributed by atoms with Crippen molar-refractivity contribution < 1.29 is 14.3 Å². The van der Waals surface area contributed by atoms with Gasteiger partial charge in [0.15, 0.2) is 11.5 Å². The zero-order valence-electron chi connectivity index (χ0n) is 17.5. The molecule has 1 fully saturated rings. The van der Waals surface area contributed by atoms with Gasteiger partial charge in [0, 0.05) is 20.0 Å². The van der Waals surface area contributed by atoms with Crippen LogP contribution in [-0.4, -0.2) is 38.1 Å². The number of hydrogen-bond donors (Lipinski definition) is 1. The Balaban J connectivity index is 1.52. The molecule has 3 rings (SSSR count). The van der Waals surface area contributed by atoms with Gasteiger partial charge >= 0.3 is 0 Å². The average molecular weight is 397 g/mol. The normalized spacial score (nSPS) is 14.4. The van der Waals surface area contributed by atoms with Crippen LogP contribution in [0.1, 0.15) is 36.8 Å². The van der Waals surface area contributed by atoms with E-state index in [4.69, 9.17) is 9.47 Å². The van der Waals surface area contributed by atoms with Crippen molar-refractivity contribution in [3.63, 3.8) is 0 Å². The first-order valence-electron chi connectivity index (χ1n) is 10.4. The minimum absolute atomic E-state index is 0.201. The van der Waals surface area contributed by atoms with E-state index < -0.39 is 0 Å². The number of rotatable bonds is 9. The molecular weight excluding hydrogens is 364 g/mol. The second kappa shape index (κ2) is 10.9. The predicted octanol–water partition coefficient (Wildman–Crippen LogP) is 4.01. The molecule has 5 nitrogen and oxygen atoms in total. The fourth-order valence-corrected chi connectivity index (χ4v) is 3.72. The number of methoxy groups -OCH3 is 1. The number of nitrogens with zero attached hydrogens (tertiary/aromatic N) is 1. The summed E-state index contributed by atoms with van der Waals surface area (Å²) in [6.07, 6.45) is 3.97. The van der Waals surface area contributed by atoms with Gasteiger partial charge < -0.3 is 19.7 Å². The van der Waals surface area contributed by atoms with Crippen LogP contribution in [0.15, 0.2) is 48.5 Å². The fraction of sp³-hybridized carbons (Fsp3) is 0.458. The Morgan fingerprint density at radius 2 is 1.83 bits per heavy atom. The summed E-state index contributed by atoms with van der Waals surface area (Å²) in [6, 6.07) is 15.9. The molecule has 0 atom stereocenters. The van der Waals surface area contributed by atoms with Gasteiger partial charge in [0.25, 0.3) is 0 Å². The van der Waals surface area contributed by atoms with E-state index in [1.165, 1.54) is 12.8 Å². The van der Waals surface area contributed by atoms with Crippen molar-refractivity contribution in [3.8, 4) is 11.5 Å². The van der Waals surface area contributed by atoms with Crippen LogP contribution in [0, 0.1) is 5.92 Å². The minimum Gasteiger partial charge on any atom is -0.493 e. The lowest BCUT2D eigenvalue weighted by Gasteiger charge is -2.24. The van der Waals surface area contributed by atoms with E-state index in [-0.39, 0.29) is 5.91 Å². The molecule has 0 bridgehead atoms. The van der Waals surface area contributed by atoms with Gasteiger partial charge in [0.1, 0.15) is 6.61 Å². The van der Waals surface area contributed by atoms with Crippen molar-refractivity contribution in [1.29, 1.82) is 0 Å². The second-order valence-electron chi connectivity index (χ2n) is 7.74. The number of carbonyl (C=O) groups is 1. The molecule has 1 N–H and O–H groups in total. The predicted molar refractivity (Wildman–Crippen MR) is 115 cm³/mol. The largest absolute Gasteiger partial charge is 0.493 e. The summed E-state index contributed by atoms with van der Waals surface area (Å²) < 4.78 is 11.4. The Morgan fingerprint density at radius 3 is 2.55 bits per heavy atom. The Morgan fingerprint density at radius 1 is 1.07 bits per heavy atom. The Kier molecular flexibility index (Phi) is 7.94. The van der Waals surface area contributed by atoms with Crippen molar-refractivity contribution in [3.05, 3.63) is 59.7 Å². The molecule has 1 aliphatic heterocycles. The molecule has 5 heteroatoms. The highest BCUT2D eigenvalue weighted by Crippen LogP contribution is 2.29. The van der Waals surface area contributed by atoms with Crippen LogP contribution in [0.3, 0.4) is 0 Å². The molecule has 29 heavy (non-hydrogen) atoms. The molecule has 0 radical (unpaired) electrons. The van der Waals surface area contributed by atoms with E-state index in [0.717, 1.165) is 30.6 Å². The highest BCUT2D eigenvalue weighted by atomic mass is 16.5. The fourth-order valence-electron chi connectivity index (χ4n) is 3.72. The molecule has 0 aromatic heterocycles. The maximum atomic E-state index is 12.5. The third-order valence-corrected chi connectivity index (χ3v) is 5.54. The number of benzene rings is 2. The Hall–Kier alpha value is -2.53. The number of piperidine rings is 1. The van der Waals surface area contributed by atoms with Crippen molar-refractivity contribution in [2.75, 3.05) is 27.2 Å². The maximum Gasteiger partial charge on any atom is 0.222 e. The molecule has 0 aliphatic carbocycles. The molecule has 1 aliphatic rings. The van der Waals surface area contributed by atoms with Crippen LogP contribution in [0.5, 0.6) is 11.5 Å². The van der Waals surface area contributed by atoms with E-state index in [0.29, 0.717) is 37.0 Å². The minimum atomic E-state index is 0.201. The van der Waals surface area contributed by atoms with Crippen molar-refractivity contribution in [1.82, 2.24) is 10.2 Å². The van der Waals surface area contributed by atoms with Gasteiger partial charge in [-0.15, -0.1) is 0 Å². The van der Waals surface area contributed by atoms with Gasteiger partial charge in [-0.1, -0.05) is 36.4 Å². The summed E-state index contributed by atoms with van der Waals surface area (Å²) in [6.45, 7) is 3.21. The lowest BCUT2D eigenvalue weighted by atomic mass is 9.93. The summed E-state index contributed by atoms with van der Waals surface area (Å²) in [5.41, 5.74) is 2.14. The van der Waals surface area contributed by atoms with Gasteiger partial charge in [-0.3, -0.25) is 4.79 Å². The zero-order chi connectivity index (χ0) is 20.5. The summed E-state index contributed by atoms with van der Waals surface area (Å²) in [5, 5.41) is 3.37. The second-order valence-corrected chi connectivity index (χ2v) is 7.74. The third-order valence-electron chi connectivity index (χ3n) is 5.54. The van der Waals surface area contributed by atoms with Crippen molar-refractivity contribution in [2.45, 2.75) is 38.8 Å². The first-order valence-corrected chi connectivity index (χ1v) is 10.4. The van der Waals surface area contributed by atoms with Gasteiger partial charge in [0.05, 0.1) is 7.11 Å². The van der Waals surface area contributed by atoms with Crippen LogP contribution >= 0.6 is 0 Å². The van der Waals surface area contributed by atoms with Crippen molar-refractivity contribution >= 4 is 5.91 Å². The summed E-state index contributed by atoms with van der Waals surface area (Å²) >= 11 is 0. The number of carbonyl (C=O) groups excluding carboxylic acids is 1. The van der Waals surface area contributed by atoms with Gasteiger partial charge in [0.2, 0.25) is 5.91 Å². The SMILES string of the molecule is COc1cc(CN(C)C(=O)CCC2CCNCC2)ccc1OCc1ccccc1. The first kappa shape index (κ1) is 21.2. The molecule has 156 valence electrons. The molecule has 1 heterocycles. The van der Waals surface area contributed by atoms with Crippen LogP contribution in [0.2, 0.25) is 0 Å². The van der Waals surface area contributed by atoms with Gasteiger partial charge in [-0.25, -0.2) is 0 Å². The highest BCUT2D eigenvalue weighted by molar-refractivity contribution is 5.75. The van der Waals surface area contributed by atoms with Crippen LogP contribution in [0.4, 0.5) is 0 Å². The standard InChI is InChI=1S/C24H32N2O3/c1-26(24(27)11-9-19-12-14-25-15-13-19)17-21-8-10-22(23(16-21)28-2)29-18-20-6-4-3-5-7-20/h3-8,10,16,19,25H,9,11-15,17-18H2,1-2H3. The maximum absolute atomic E-state index is 12.5. The van der Waals surface area contributed by atoms with E-state index in [1.807, 2.05) is 55.6 Å². The van der Waals surface area contributed by atoms with Crippen molar-refractivity contribution in [2.24, 2.45) is 5.92 Å². The van der Waals surface area contributed by atoms with Gasteiger partial charge in [-0.05, 0) is 61.5 Å². The Labute approximate surface area is 174 Å². The van der Waals surface area contributed by atoms with E-state index in [9.17, 15) is 4.79 Å². The summed E-state index contributed by atoms with van der Waals surface area (Å²) in [4.78, 5) is 14.3. The molecule has 2 aromatic rings. The van der Waals surface area contributed by atoms with Crippen LogP contribution in [0.25, 0.3) is 0 Å². The highest BCUT2D eigenvalue weighted by Gasteiger charge is 2.17. The van der Waals surface area contributed by atoms with Crippen LogP contribution < -0.4 is 14.8 Å². The molecule has 0 saturated carbocycles. The molecule has 0 spiro atoms. The lowest BCUT2D eigenvalue weighted by molar-refractivity contribution is -0.130. The topological polar surface area (TPSA) is 50.8 Å². The molecule has 0 unspecified atom stereocenters. The molecular formula is C24H32N2O3.